The van der Waals surface area contributed by atoms with E-state index >= 15 is 0 Å². The largest absolute Gasteiger partial charge is 0.396 e. The molecule has 0 aliphatic carbocycles. The van der Waals surface area contributed by atoms with E-state index in [2.05, 4.69) is 0 Å². The molecular formula is C10H12Cl2OS. The average molecular weight is 251 g/mol. The molecular weight excluding hydrogens is 239 g/mol. The minimum atomic E-state index is 0.246. The maximum atomic E-state index is 8.60. The van der Waals surface area contributed by atoms with Crippen molar-refractivity contribution in [2.75, 3.05) is 12.4 Å². The van der Waals surface area contributed by atoms with Crippen LogP contribution in [0.25, 0.3) is 0 Å². The van der Waals surface area contributed by atoms with E-state index in [4.69, 9.17) is 28.3 Å². The average Bonchev–Trinajstić information content (AvgIpc) is 2.18. The maximum absolute atomic E-state index is 8.60. The van der Waals surface area contributed by atoms with Gasteiger partial charge in [0.2, 0.25) is 0 Å². The van der Waals surface area contributed by atoms with Gasteiger partial charge in [0.25, 0.3) is 0 Å². The predicted octanol–water partition coefficient (Wildman–Crippen LogP) is 3.61. The molecule has 0 fully saturated rings. The number of benzene rings is 1. The summed E-state index contributed by atoms with van der Waals surface area (Å²) in [4.78, 5) is 0. The summed E-state index contributed by atoms with van der Waals surface area (Å²) >= 11 is 13.6. The molecule has 0 bridgehead atoms. The van der Waals surface area contributed by atoms with Gasteiger partial charge in [-0.25, -0.2) is 0 Å². The van der Waals surface area contributed by atoms with Crippen molar-refractivity contribution in [1.82, 2.24) is 0 Å². The second-order valence-electron chi connectivity index (χ2n) is 2.87. The van der Waals surface area contributed by atoms with E-state index in [0.29, 0.717) is 5.02 Å². The monoisotopic (exact) mass is 250 g/mol. The Labute approximate surface area is 98.4 Å². The van der Waals surface area contributed by atoms with Crippen LogP contribution < -0.4 is 0 Å². The minimum Gasteiger partial charge on any atom is -0.396 e. The first-order valence-corrected chi connectivity index (χ1v) is 6.27. The Morgan fingerprint density at radius 2 is 2.07 bits per heavy atom. The zero-order chi connectivity index (χ0) is 10.4. The van der Waals surface area contributed by atoms with Gasteiger partial charge in [0, 0.05) is 22.4 Å². The molecule has 0 amide bonds. The highest BCUT2D eigenvalue weighted by molar-refractivity contribution is 7.98. The molecule has 1 aromatic rings. The Balaban J connectivity index is 2.45. The molecule has 1 N–H and O–H groups in total. The third-order valence-corrected chi connectivity index (χ3v) is 3.41. The van der Waals surface area contributed by atoms with Crippen LogP contribution in [0.2, 0.25) is 10.0 Å². The van der Waals surface area contributed by atoms with Gasteiger partial charge in [0.15, 0.2) is 0 Å². The molecule has 0 aliphatic rings. The molecule has 0 atom stereocenters. The first-order valence-electron chi connectivity index (χ1n) is 4.36. The fourth-order valence-corrected chi connectivity index (χ4v) is 2.40. The number of aliphatic hydroxyl groups is 1. The van der Waals surface area contributed by atoms with Gasteiger partial charge < -0.3 is 5.11 Å². The van der Waals surface area contributed by atoms with Crippen LogP contribution in [0.5, 0.6) is 0 Å². The molecule has 0 aromatic heterocycles. The normalized spacial score (nSPS) is 10.5. The minimum absolute atomic E-state index is 0.246. The van der Waals surface area contributed by atoms with Crippen LogP contribution in [0.1, 0.15) is 12.0 Å². The SMILES string of the molecule is OCCCSCc1cc(Cl)ccc1Cl. The fraction of sp³-hybridized carbons (Fsp3) is 0.400. The van der Waals surface area contributed by atoms with Gasteiger partial charge in [-0.15, -0.1) is 0 Å². The number of halogens is 2. The highest BCUT2D eigenvalue weighted by Gasteiger charge is 2.01. The summed E-state index contributed by atoms with van der Waals surface area (Å²) in [6, 6.07) is 5.48. The molecule has 1 nitrogen and oxygen atoms in total. The predicted molar refractivity (Wildman–Crippen MR) is 64.3 cm³/mol. The first-order chi connectivity index (χ1) is 6.74. The van der Waals surface area contributed by atoms with Gasteiger partial charge in [-0.05, 0) is 35.9 Å². The van der Waals surface area contributed by atoms with Gasteiger partial charge >= 0.3 is 0 Å². The van der Waals surface area contributed by atoms with Gasteiger partial charge in [0.1, 0.15) is 0 Å². The number of thioether (sulfide) groups is 1. The van der Waals surface area contributed by atoms with Gasteiger partial charge in [-0.3, -0.25) is 0 Å². The van der Waals surface area contributed by atoms with Crippen molar-refractivity contribution < 1.29 is 5.11 Å². The molecule has 0 saturated heterocycles. The second-order valence-corrected chi connectivity index (χ2v) is 4.81. The molecule has 0 saturated carbocycles. The summed E-state index contributed by atoms with van der Waals surface area (Å²) in [5.41, 5.74) is 1.06. The van der Waals surface area contributed by atoms with Crippen LogP contribution in [0.3, 0.4) is 0 Å². The van der Waals surface area contributed by atoms with Crippen LogP contribution in [0, 0.1) is 0 Å². The van der Waals surface area contributed by atoms with E-state index in [0.717, 1.165) is 28.5 Å². The van der Waals surface area contributed by atoms with Crippen LogP contribution in [-0.4, -0.2) is 17.5 Å². The first kappa shape index (κ1) is 12.2. The van der Waals surface area contributed by atoms with Crippen LogP contribution in [-0.2, 0) is 5.75 Å². The molecule has 0 unspecified atom stereocenters. The molecule has 1 aromatic carbocycles. The summed E-state index contributed by atoms with van der Waals surface area (Å²) in [5, 5.41) is 10.1. The molecule has 0 aliphatic heterocycles. The quantitative estimate of drug-likeness (QED) is 0.807. The Kier molecular flexibility index (Phi) is 5.71. The van der Waals surface area contributed by atoms with E-state index in [1.165, 1.54) is 0 Å². The Morgan fingerprint density at radius 1 is 1.29 bits per heavy atom. The lowest BCUT2D eigenvalue weighted by Gasteiger charge is -2.04. The maximum Gasteiger partial charge on any atom is 0.0447 e. The Bertz CT molecular complexity index is 291. The van der Waals surface area contributed by atoms with Crippen molar-refractivity contribution in [3.63, 3.8) is 0 Å². The fourth-order valence-electron chi connectivity index (χ4n) is 1.00. The highest BCUT2D eigenvalue weighted by Crippen LogP contribution is 2.24. The highest BCUT2D eigenvalue weighted by atomic mass is 35.5. The van der Waals surface area contributed by atoms with Crippen molar-refractivity contribution >= 4 is 35.0 Å². The summed E-state index contributed by atoms with van der Waals surface area (Å²) < 4.78 is 0. The molecule has 0 spiro atoms. The van der Waals surface area contributed by atoms with E-state index in [-0.39, 0.29) is 6.61 Å². The standard InChI is InChI=1S/C10H12Cl2OS/c11-9-2-3-10(12)8(6-9)7-14-5-1-4-13/h2-3,6,13H,1,4-5,7H2. The summed E-state index contributed by atoms with van der Waals surface area (Å²) in [6.07, 6.45) is 0.822. The lowest BCUT2D eigenvalue weighted by Crippen LogP contribution is -1.88. The Morgan fingerprint density at radius 3 is 2.79 bits per heavy atom. The van der Waals surface area contributed by atoms with Gasteiger partial charge in [0.05, 0.1) is 0 Å². The molecule has 1 rings (SSSR count). The number of aliphatic hydroxyl groups excluding tert-OH is 1. The second kappa shape index (κ2) is 6.57. The summed E-state index contributed by atoms with van der Waals surface area (Å²) in [6.45, 7) is 0.246. The molecule has 0 radical (unpaired) electrons. The summed E-state index contributed by atoms with van der Waals surface area (Å²) in [5.74, 6) is 1.79. The molecule has 78 valence electrons. The molecule has 0 heterocycles. The van der Waals surface area contributed by atoms with Crippen molar-refractivity contribution in [3.8, 4) is 0 Å². The van der Waals surface area contributed by atoms with E-state index in [9.17, 15) is 0 Å². The van der Waals surface area contributed by atoms with Crippen molar-refractivity contribution in [2.45, 2.75) is 12.2 Å². The zero-order valence-corrected chi connectivity index (χ0v) is 10.0. The lowest BCUT2D eigenvalue weighted by atomic mass is 10.2. The number of hydrogen-bond acceptors (Lipinski definition) is 2. The topological polar surface area (TPSA) is 20.2 Å². The van der Waals surface area contributed by atoms with E-state index in [1.54, 1.807) is 17.8 Å². The van der Waals surface area contributed by atoms with Crippen molar-refractivity contribution in [2.24, 2.45) is 0 Å². The van der Waals surface area contributed by atoms with Gasteiger partial charge in [-0.1, -0.05) is 23.2 Å². The zero-order valence-electron chi connectivity index (χ0n) is 7.67. The van der Waals surface area contributed by atoms with Crippen molar-refractivity contribution in [3.05, 3.63) is 33.8 Å². The van der Waals surface area contributed by atoms with Crippen LogP contribution >= 0.6 is 35.0 Å². The molecule has 14 heavy (non-hydrogen) atoms. The smallest absolute Gasteiger partial charge is 0.0447 e. The Hall–Kier alpha value is 0.110. The van der Waals surface area contributed by atoms with E-state index in [1.807, 2.05) is 12.1 Å². The lowest BCUT2D eigenvalue weighted by molar-refractivity contribution is 0.296. The van der Waals surface area contributed by atoms with Gasteiger partial charge in [-0.2, -0.15) is 11.8 Å². The number of hydrogen-bond donors (Lipinski definition) is 1. The van der Waals surface area contributed by atoms with Crippen molar-refractivity contribution in [1.29, 1.82) is 0 Å². The summed E-state index contributed by atoms with van der Waals surface area (Å²) in [7, 11) is 0. The van der Waals surface area contributed by atoms with Crippen LogP contribution in [0.15, 0.2) is 18.2 Å². The third-order valence-electron chi connectivity index (χ3n) is 1.71. The number of rotatable bonds is 5. The van der Waals surface area contributed by atoms with Crippen LogP contribution in [0.4, 0.5) is 0 Å². The molecule has 4 heteroatoms. The van der Waals surface area contributed by atoms with E-state index < -0.39 is 0 Å². The third kappa shape index (κ3) is 4.09.